The largest absolute Gasteiger partial charge is 0.479 e. The van der Waals surface area contributed by atoms with E-state index >= 15 is 0 Å². The van der Waals surface area contributed by atoms with Crippen LogP contribution in [-0.2, 0) is 0 Å². The summed E-state index contributed by atoms with van der Waals surface area (Å²) in [5.41, 5.74) is 1.71. The Kier molecular flexibility index (Phi) is 5.10. The second-order valence-electron chi connectivity index (χ2n) is 4.48. The van der Waals surface area contributed by atoms with E-state index in [1.54, 1.807) is 18.2 Å². The Hall–Kier alpha value is -2.61. The number of hydrogen-bond donors (Lipinski definition) is 1. The molecule has 2 aromatic rings. The lowest BCUT2D eigenvalue weighted by Crippen LogP contribution is -2.11. The Morgan fingerprint density at radius 3 is 2.62 bits per heavy atom. The highest BCUT2D eigenvalue weighted by atomic mass is 19.1. The monoisotopic (exact) mass is 285 g/mol. The maximum absolute atomic E-state index is 12.9. The summed E-state index contributed by atoms with van der Waals surface area (Å²) in [5.74, 6) is 0.308. The van der Waals surface area contributed by atoms with Crippen LogP contribution in [0.2, 0.25) is 0 Å². The number of hydrogen-bond acceptors (Lipinski definition) is 4. The number of aromatic nitrogens is 1. The molecule has 2 rings (SSSR count). The van der Waals surface area contributed by atoms with E-state index in [-0.39, 0.29) is 18.5 Å². The summed E-state index contributed by atoms with van der Waals surface area (Å²) in [6.45, 7) is 2.07. The van der Waals surface area contributed by atoms with Gasteiger partial charge in [0.1, 0.15) is 17.6 Å². The number of ether oxygens (including phenoxy) is 1. The Labute approximate surface area is 123 Å². The van der Waals surface area contributed by atoms with Crippen LogP contribution in [0.3, 0.4) is 0 Å². The van der Waals surface area contributed by atoms with E-state index in [0.29, 0.717) is 5.75 Å². The van der Waals surface area contributed by atoms with Crippen molar-refractivity contribution in [3.63, 3.8) is 0 Å². The van der Waals surface area contributed by atoms with Gasteiger partial charge in [-0.1, -0.05) is 6.92 Å². The number of nitriles is 1. The number of anilines is 1. The van der Waals surface area contributed by atoms with Crippen molar-refractivity contribution in [1.29, 1.82) is 5.26 Å². The summed E-state index contributed by atoms with van der Waals surface area (Å²) in [5, 5.41) is 11.8. The van der Waals surface area contributed by atoms with Crippen molar-refractivity contribution in [1.82, 2.24) is 4.98 Å². The molecule has 21 heavy (non-hydrogen) atoms. The quantitative estimate of drug-likeness (QED) is 0.879. The molecule has 0 bridgehead atoms. The van der Waals surface area contributed by atoms with E-state index < -0.39 is 0 Å². The summed E-state index contributed by atoms with van der Waals surface area (Å²) in [4.78, 5) is 4.11. The zero-order valence-corrected chi connectivity index (χ0v) is 11.7. The molecule has 0 aliphatic heterocycles. The zero-order valence-electron chi connectivity index (χ0n) is 11.7. The van der Waals surface area contributed by atoms with Gasteiger partial charge in [-0.25, -0.2) is 4.39 Å². The summed E-state index contributed by atoms with van der Waals surface area (Å²) < 4.78 is 18.1. The average Bonchev–Trinajstić information content (AvgIpc) is 2.53. The zero-order chi connectivity index (χ0) is 15.1. The fraction of sp³-hybridized carbons (Fsp3) is 0.250. The van der Waals surface area contributed by atoms with Crippen LogP contribution in [0.5, 0.6) is 5.75 Å². The smallest absolute Gasteiger partial charge is 0.174 e. The lowest BCUT2D eigenvalue weighted by molar-refractivity contribution is 0.368. The molecule has 0 saturated carbocycles. The van der Waals surface area contributed by atoms with Gasteiger partial charge in [-0.15, -0.1) is 0 Å². The molecule has 4 nitrogen and oxygen atoms in total. The Morgan fingerprint density at radius 1 is 1.29 bits per heavy atom. The van der Waals surface area contributed by atoms with Gasteiger partial charge in [0, 0.05) is 5.69 Å². The van der Waals surface area contributed by atoms with Gasteiger partial charge in [0.15, 0.2) is 6.61 Å². The van der Waals surface area contributed by atoms with Gasteiger partial charge in [0.2, 0.25) is 0 Å². The molecule has 1 aromatic heterocycles. The molecule has 0 radical (unpaired) electrons. The molecule has 5 heteroatoms. The number of benzene rings is 1. The van der Waals surface area contributed by atoms with Gasteiger partial charge >= 0.3 is 0 Å². The average molecular weight is 285 g/mol. The Morgan fingerprint density at radius 2 is 2.05 bits per heavy atom. The number of rotatable bonds is 6. The van der Waals surface area contributed by atoms with E-state index in [1.807, 2.05) is 25.1 Å². The number of halogens is 1. The third-order valence-corrected chi connectivity index (χ3v) is 3.01. The van der Waals surface area contributed by atoms with Gasteiger partial charge in [0.25, 0.3) is 0 Å². The van der Waals surface area contributed by atoms with Crippen molar-refractivity contribution >= 4 is 5.69 Å². The van der Waals surface area contributed by atoms with E-state index in [1.165, 1.54) is 12.3 Å². The van der Waals surface area contributed by atoms with Crippen molar-refractivity contribution in [2.75, 3.05) is 11.9 Å². The van der Waals surface area contributed by atoms with Crippen LogP contribution in [0.15, 0.2) is 42.6 Å². The fourth-order valence-electron chi connectivity index (χ4n) is 1.94. The van der Waals surface area contributed by atoms with Crippen molar-refractivity contribution < 1.29 is 9.13 Å². The van der Waals surface area contributed by atoms with E-state index in [4.69, 9.17) is 10.00 Å². The van der Waals surface area contributed by atoms with E-state index in [0.717, 1.165) is 17.8 Å². The van der Waals surface area contributed by atoms with Gasteiger partial charge < -0.3 is 10.1 Å². The molecule has 0 aliphatic rings. The maximum atomic E-state index is 12.9. The molecule has 1 N–H and O–H groups in total. The SMILES string of the molecule is CCC(Nc1ccc(OCC#N)cc1)c1ccc(F)cn1. The second kappa shape index (κ2) is 7.25. The molecule has 0 spiro atoms. The van der Waals surface area contributed by atoms with Gasteiger partial charge in [0.05, 0.1) is 17.9 Å². The van der Waals surface area contributed by atoms with Crippen LogP contribution in [-0.4, -0.2) is 11.6 Å². The first-order valence-electron chi connectivity index (χ1n) is 6.70. The van der Waals surface area contributed by atoms with Crippen LogP contribution < -0.4 is 10.1 Å². The lowest BCUT2D eigenvalue weighted by atomic mass is 10.1. The number of nitrogens with zero attached hydrogens (tertiary/aromatic N) is 2. The van der Waals surface area contributed by atoms with Crippen molar-refractivity contribution in [2.24, 2.45) is 0 Å². The van der Waals surface area contributed by atoms with Crippen molar-refractivity contribution in [3.8, 4) is 11.8 Å². The minimum Gasteiger partial charge on any atom is -0.479 e. The van der Waals surface area contributed by atoms with Gasteiger partial charge in [-0.3, -0.25) is 4.98 Å². The maximum Gasteiger partial charge on any atom is 0.174 e. The Bertz CT molecular complexity index is 605. The minimum atomic E-state index is -0.340. The minimum absolute atomic E-state index is 0.0106. The summed E-state index contributed by atoms with van der Waals surface area (Å²) >= 11 is 0. The summed E-state index contributed by atoms with van der Waals surface area (Å²) in [7, 11) is 0. The van der Waals surface area contributed by atoms with Gasteiger partial charge in [-0.2, -0.15) is 5.26 Å². The fourth-order valence-corrected chi connectivity index (χ4v) is 1.94. The van der Waals surface area contributed by atoms with Crippen LogP contribution in [0.25, 0.3) is 0 Å². The molecule has 1 atom stereocenters. The first kappa shape index (κ1) is 14.8. The van der Waals surface area contributed by atoms with Crippen molar-refractivity contribution in [3.05, 3.63) is 54.1 Å². The van der Waals surface area contributed by atoms with Crippen LogP contribution >= 0.6 is 0 Å². The first-order valence-corrected chi connectivity index (χ1v) is 6.70. The third kappa shape index (κ3) is 4.18. The second-order valence-corrected chi connectivity index (χ2v) is 4.48. The van der Waals surface area contributed by atoms with E-state index in [9.17, 15) is 4.39 Å². The standard InChI is InChI=1S/C16H16FN3O/c1-2-15(16-8-3-12(17)11-19-16)20-13-4-6-14(7-5-13)21-10-9-18/h3-8,11,15,20H,2,10H2,1H3. The summed E-state index contributed by atoms with van der Waals surface area (Å²) in [6.07, 6.45) is 2.05. The molecule has 1 aromatic carbocycles. The predicted molar refractivity (Wildman–Crippen MR) is 78.4 cm³/mol. The van der Waals surface area contributed by atoms with Crippen LogP contribution in [0, 0.1) is 17.1 Å². The predicted octanol–water partition coefficient (Wildman–Crippen LogP) is 3.69. The summed E-state index contributed by atoms with van der Waals surface area (Å²) in [6, 6.07) is 12.4. The van der Waals surface area contributed by atoms with E-state index in [2.05, 4.69) is 10.3 Å². The third-order valence-electron chi connectivity index (χ3n) is 3.01. The molecule has 0 saturated heterocycles. The highest BCUT2D eigenvalue weighted by Crippen LogP contribution is 2.23. The molecule has 1 unspecified atom stereocenters. The topological polar surface area (TPSA) is 57.9 Å². The molecular weight excluding hydrogens is 269 g/mol. The molecule has 0 aliphatic carbocycles. The molecule has 0 amide bonds. The van der Waals surface area contributed by atoms with Crippen molar-refractivity contribution in [2.45, 2.75) is 19.4 Å². The highest BCUT2D eigenvalue weighted by Gasteiger charge is 2.10. The normalized spacial score (nSPS) is 11.5. The molecule has 108 valence electrons. The first-order chi connectivity index (χ1) is 10.2. The molecular formula is C16H16FN3O. The van der Waals surface area contributed by atoms with Gasteiger partial charge in [-0.05, 0) is 42.8 Å². The number of pyridine rings is 1. The lowest BCUT2D eigenvalue weighted by Gasteiger charge is -2.18. The molecule has 1 heterocycles. The Balaban J connectivity index is 2.04. The molecule has 0 fully saturated rings. The van der Waals surface area contributed by atoms with Crippen LogP contribution in [0.1, 0.15) is 25.1 Å². The highest BCUT2D eigenvalue weighted by molar-refractivity contribution is 5.47. The number of nitrogens with one attached hydrogen (secondary N) is 1. The van der Waals surface area contributed by atoms with Crippen LogP contribution in [0.4, 0.5) is 10.1 Å².